The average molecular weight is 319 g/mol. The van der Waals surface area contributed by atoms with E-state index in [-0.39, 0.29) is 11.4 Å². The van der Waals surface area contributed by atoms with Gasteiger partial charge in [-0.1, -0.05) is 11.6 Å². The molecule has 1 rings (SSSR count). The highest BCUT2D eigenvalue weighted by Gasteiger charge is 2.27. The van der Waals surface area contributed by atoms with Crippen LogP contribution >= 0.6 is 27.5 Å². The molecule has 0 aliphatic carbocycles. The largest absolute Gasteiger partial charge is 0.490 e. The molecule has 0 radical (unpaired) electrons. The molecule has 2 N–H and O–H groups in total. The van der Waals surface area contributed by atoms with Crippen LogP contribution in [0.15, 0.2) is 16.6 Å². The second-order valence-electron chi connectivity index (χ2n) is 3.02. The molecular weight excluding hydrogens is 310 g/mol. The molecule has 1 aromatic carbocycles. The molecule has 1 aromatic rings. The summed E-state index contributed by atoms with van der Waals surface area (Å²) in [7, 11) is 0. The summed E-state index contributed by atoms with van der Waals surface area (Å²) >= 11 is 8.79. The third-order valence-electron chi connectivity index (χ3n) is 1.67. The molecule has 7 heteroatoms. The van der Waals surface area contributed by atoms with Crippen molar-refractivity contribution >= 4 is 33.2 Å². The maximum atomic E-state index is 11.9. The van der Waals surface area contributed by atoms with E-state index in [4.69, 9.17) is 22.1 Å². The zero-order valence-electron chi connectivity index (χ0n) is 7.94. The Labute approximate surface area is 104 Å². The molecule has 0 spiro atoms. The molecule has 0 atom stereocenters. The summed E-state index contributed by atoms with van der Waals surface area (Å²) in [5.74, 6) is 0.175. The average Bonchev–Trinajstić information content (AvgIpc) is 2.07. The molecule has 16 heavy (non-hydrogen) atoms. The summed E-state index contributed by atoms with van der Waals surface area (Å²) in [6, 6.07) is 2.91. The van der Waals surface area contributed by atoms with Gasteiger partial charge in [0.1, 0.15) is 0 Å². The molecule has 2 nitrogen and oxygen atoms in total. The quantitative estimate of drug-likeness (QED) is 0.855. The lowest BCUT2D eigenvalue weighted by Crippen LogP contribution is -2.13. The Morgan fingerprint density at radius 3 is 2.50 bits per heavy atom. The Kier molecular flexibility index (Phi) is 4.32. The first-order chi connectivity index (χ1) is 7.29. The molecule has 0 unspecified atom stereocenters. The van der Waals surface area contributed by atoms with Crippen LogP contribution in [0, 0.1) is 0 Å². The lowest BCUT2D eigenvalue weighted by Gasteiger charge is -2.12. The van der Waals surface area contributed by atoms with E-state index >= 15 is 0 Å². The first-order valence-electron chi connectivity index (χ1n) is 4.23. The van der Waals surface area contributed by atoms with Crippen LogP contribution in [0.3, 0.4) is 0 Å². The highest BCUT2D eigenvalue weighted by molar-refractivity contribution is 9.10. The standard InChI is InChI=1S/C9H8BrClF3NO/c10-6-3-5(11)4-7(15)8(6)16-2-1-9(12,13)14/h3-4H,1-2,15H2. The molecule has 0 saturated carbocycles. The number of alkyl halides is 3. The predicted molar refractivity (Wildman–Crippen MR) is 59.7 cm³/mol. The zero-order valence-corrected chi connectivity index (χ0v) is 10.3. The number of hydrogen-bond donors (Lipinski definition) is 1. The van der Waals surface area contributed by atoms with Gasteiger partial charge in [-0.3, -0.25) is 0 Å². The highest BCUT2D eigenvalue weighted by atomic mass is 79.9. The normalized spacial score (nSPS) is 11.6. The minimum absolute atomic E-state index is 0.175. The molecule has 0 aromatic heterocycles. The van der Waals surface area contributed by atoms with Crippen molar-refractivity contribution in [1.82, 2.24) is 0 Å². The van der Waals surface area contributed by atoms with E-state index in [9.17, 15) is 13.2 Å². The zero-order chi connectivity index (χ0) is 12.3. The van der Waals surface area contributed by atoms with E-state index in [0.29, 0.717) is 9.50 Å². The Morgan fingerprint density at radius 2 is 2.00 bits per heavy atom. The Balaban J connectivity index is 2.68. The lowest BCUT2D eigenvalue weighted by atomic mass is 10.3. The highest BCUT2D eigenvalue weighted by Crippen LogP contribution is 2.35. The second kappa shape index (κ2) is 5.14. The Bertz CT molecular complexity index is 361. The number of nitrogen functional groups attached to an aromatic ring is 1. The van der Waals surface area contributed by atoms with Crippen molar-refractivity contribution in [2.75, 3.05) is 12.3 Å². The van der Waals surface area contributed by atoms with E-state index in [1.165, 1.54) is 12.1 Å². The molecule has 0 amide bonds. The van der Waals surface area contributed by atoms with Gasteiger partial charge in [0.2, 0.25) is 0 Å². The summed E-state index contributed by atoms with van der Waals surface area (Å²) in [6.07, 6.45) is -5.27. The Hall–Kier alpha value is -0.620. The molecule has 0 fully saturated rings. The molecule has 90 valence electrons. The van der Waals surface area contributed by atoms with Crippen molar-refractivity contribution in [3.63, 3.8) is 0 Å². The topological polar surface area (TPSA) is 35.2 Å². The first kappa shape index (κ1) is 13.4. The van der Waals surface area contributed by atoms with Gasteiger partial charge in [0.15, 0.2) is 5.75 Å². The van der Waals surface area contributed by atoms with E-state index in [2.05, 4.69) is 15.9 Å². The maximum Gasteiger partial charge on any atom is 0.392 e. The van der Waals surface area contributed by atoms with Crippen molar-refractivity contribution in [2.24, 2.45) is 0 Å². The van der Waals surface area contributed by atoms with Crippen LogP contribution < -0.4 is 10.5 Å². The number of anilines is 1. The van der Waals surface area contributed by atoms with E-state index in [0.717, 1.165) is 0 Å². The minimum atomic E-state index is -4.24. The number of hydrogen-bond acceptors (Lipinski definition) is 2. The summed E-state index contributed by atoms with van der Waals surface area (Å²) in [4.78, 5) is 0. The van der Waals surface area contributed by atoms with Gasteiger partial charge >= 0.3 is 6.18 Å². The smallest absolute Gasteiger partial charge is 0.392 e. The van der Waals surface area contributed by atoms with Gasteiger partial charge in [0.05, 0.1) is 23.2 Å². The van der Waals surface area contributed by atoms with Gasteiger partial charge in [-0.15, -0.1) is 0 Å². The van der Waals surface area contributed by atoms with Crippen molar-refractivity contribution in [1.29, 1.82) is 0 Å². The van der Waals surface area contributed by atoms with Gasteiger partial charge in [-0.2, -0.15) is 13.2 Å². The van der Waals surface area contributed by atoms with Gasteiger partial charge in [-0.05, 0) is 28.1 Å². The third kappa shape index (κ3) is 4.09. The molecular formula is C9H8BrClF3NO. The van der Waals surface area contributed by atoms with Crippen LogP contribution in [0.25, 0.3) is 0 Å². The molecule has 0 aliphatic rings. The number of rotatable bonds is 3. The monoisotopic (exact) mass is 317 g/mol. The fourth-order valence-electron chi connectivity index (χ4n) is 1.00. The fourth-order valence-corrected chi connectivity index (χ4v) is 1.95. The molecule has 0 aliphatic heterocycles. The van der Waals surface area contributed by atoms with E-state index < -0.39 is 19.2 Å². The van der Waals surface area contributed by atoms with Gasteiger partial charge in [-0.25, -0.2) is 0 Å². The summed E-state index contributed by atoms with van der Waals surface area (Å²) in [5.41, 5.74) is 5.75. The van der Waals surface area contributed by atoms with Gasteiger partial charge < -0.3 is 10.5 Å². The number of nitrogens with two attached hydrogens (primary N) is 1. The Morgan fingerprint density at radius 1 is 1.38 bits per heavy atom. The van der Waals surface area contributed by atoms with Crippen LogP contribution in [-0.2, 0) is 0 Å². The number of ether oxygens (including phenoxy) is 1. The predicted octanol–water partition coefficient (Wildman–Crippen LogP) is 4.02. The molecule has 0 bridgehead atoms. The third-order valence-corrected chi connectivity index (χ3v) is 2.48. The van der Waals surface area contributed by atoms with Crippen LogP contribution in [0.1, 0.15) is 6.42 Å². The van der Waals surface area contributed by atoms with Crippen molar-refractivity contribution in [2.45, 2.75) is 12.6 Å². The SMILES string of the molecule is Nc1cc(Cl)cc(Br)c1OCCC(F)(F)F. The summed E-state index contributed by atoms with van der Waals surface area (Å²) in [6.45, 7) is -0.478. The van der Waals surface area contributed by atoms with E-state index in [1.54, 1.807) is 0 Å². The lowest BCUT2D eigenvalue weighted by molar-refractivity contribution is -0.139. The first-order valence-corrected chi connectivity index (χ1v) is 5.41. The minimum Gasteiger partial charge on any atom is -0.490 e. The van der Waals surface area contributed by atoms with Crippen LogP contribution in [0.2, 0.25) is 5.02 Å². The molecule has 0 heterocycles. The van der Waals surface area contributed by atoms with Crippen LogP contribution in [0.5, 0.6) is 5.75 Å². The number of halogens is 5. The fraction of sp³-hybridized carbons (Fsp3) is 0.333. The van der Waals surface area contributed by atoms with Crippen molar-refractivity contribution in [3.8, 4) is 5.75 Å². The van der Waals surface area contributed by atoms with E-state index in [1.807, 2.05) is 0 Å². The van der Waals surface area contributed by atoms with Crippen molar-refractivity contribution < 1.29 is 17.9 Å². The number of benzene rings is 1. The van der Waals surface area contributed by atoms with Gasteiger partial charge in [0.25, 0.3) is 0 Å². The molecule has 0 saturated heterocycles. The van der Waals surface area contributed by atoms with Crippen LogP contribution in [-0.4, -0.2) is 12.8 Å². The summed E-state index contributed by atoms with van der Waals surface area (Å²) < 4.78 is 41.0. The van der Waals surface area contributed by atoms with Gasteiger partial charge in [0, 0.05) is 5.02 Å². The second-order valence-corrected chi connectivity index (χ2v) is 4.31. The van der Waals surface area contributed by atoms with Crippen LogP contribution in [0.4, 0.5) is 18.9 Å². The summed E-state index contributed by atoms with van der Waals surface area (Å²) in [5, 5.41) is 0.382. The maximum absolute atomic E-state index is 11.9. The van der Waals surface area contributed by atoms with Crippen molar-refractivity contribution in [3.05, 3.63) is 21.6 Å².